The van der Waals surface area contributed by atoms with Gasteiger partial charge < -0.3 is 9.64 Å². The number of carbonyl (C=O) groups is 1. The van der Waals surface area contributed by atoms with Crippen molar-refractivity contribution in [1.29, 1.82) is 0 Å². The second kappa shape index (κ2) is 6.34. The van der Waals surface area contributed by atoms with Gasteiger partial charge in [0.1, 0.15) is 6.17 Å². The highest BCUT2D eigenvalue weighted by molar-refractivity contribution is 6.30. The van der Waals surface area contributed by atoms with Crippen molar-refractivity contribution in [3.05, 3.63) is 34.9 Å². The lowest BCUT2D eigenvalue weighted by molar-refractivity contribution is -0.130. The Morgan fingerprint density at radius 3 is 2.76 bits per heavy atom. The fourth-order valence-corrected chi connectivity index (χ4v) is 3.22. The van der Waals surface area contributed by atoms with Crippen molar-refractivity contribution in [2.45, 2.75) is 32.0 Å². The number of amides is 1. The molecule has 2 saturated heterocycles. The minimum Gasteiger partial charge on any atom is -0.381 e. The Morgan fingerprint density at radius 2 is 2.14 bits per heavy atom. The van der Waals surface area contributed by atoms with Crippen LogP contribution < -0.4 is 5.32 Å². The molecule has 1 aromatic carbocycles. The van der Waals surface area contributed by atoms with Crippen molar-refractivity contribution in [3.8, 4) is 0 Å². The van der Waals surface area contributed by atoms with Gasteiger partial charge in [0, 0.05) is 24.1 Å². The molecule has 3 atom stereocenters. The van der Waals surface area contributed by atoms with Crippen molar-refractivity contribution in [2.24, 2.45) is 5.92 Å². The molecule has 21 heavy (non-hydrogen) atoms. The van der Waals surface area contributed by atoms with Crippen molar-refractivity contribution < 1.29 is 9.53 Å². The molecule has 2 aliphatic heterocycles. The molecule has 4 nitrogen and oxygen atoms in total. The Morgan fingerprint density at radius 1 is 1.38 bits per heavy atom. The first-order chi connectivity index (χ1) is 10.2. The van der Waals surface area contributed by atoms with E-state index in [1.54, 1.807) is 0 Å². The molecule has 0 aliphatic carbocycles. The summed E-state index contributed by atoms with van der Waals surface area (Å²) in [5, 5.41) is 4.16. The molecule has 2 heterocycles. The summed E-state index contributed by atoms with van der Waals surface area (Å²) in [5.41, 5.74) is 1.09. The van der Waals surface area contributed by atoms with E-state index in [4.69, 9.17) is 16.3 Å². The third-order valence-corrected chi connectivity index (χ3v) is 4.58. The summed E-state index contributed by atoms with van der Waals surface area (Å²) in [7, 11) is 0. The largest absolute Gasteiger partial charge is 0.381 e. The molecular formula is C16H21ClN2O2. The van der Waals surface area contributed by atoms with Gasteiger partial charge in [-0.25, -0.2) is 0 Å². The average Bonchev–Trinajstić information content (AvgIpc) is 3.10. The molecule has 114 valence electrons. The minimum absolute atomic E-state index is 0.0553. The Hall–Kier alpha value is -1.10. The van der Waals surface area contributed by atoms with E-state index in [1.165, 1.54) is 0 Å². The summed E-state index contributed by atoms with van der Waals surface area (Å²) in [6.07, 6.45) is 1.79. The summed E-state index contributed by atoms with van der Waals surface area (Å²) < 4.78 is 5.44. The van der Waals surface area contributed by atoms with Crippen LogP contribution in [-0.4, -0.2) is 36.6 Å². The van der Waals surface area contributed by atoms with Crippen molar-refractivity contribution >= 4 is 17.5 Å². The highest BCUT2D eigenvalue weighted by atomic mass is 35.5. The predicted octanol–water partition coefficient (Wildman–Crippen LogP) is 2.59. The maximum absolute atomic E-state index is 12.6. The molecular weight excluding hydrogens is 288 g/mol. The molecule has 1 amide bonds. The van der Waals surface area contributed by atoms with E-state index < -0.39 is 0 Å². The normalized spacial score (nSPS) is 29.3. The third-order valence-electron chi connectivity index (χ3n) is 4.32. The Bertz CT molecular complexity index is 500. The van der Waals surface area contributed by atoms with E-state index in [0.717, 1.165) is 38.2 Å². The van der Waals surface area contributed by atoms with Gasteiger partial charge in [-0.2, -0.15) is 0 Å². The van der Waals surface area contributed by atoms with E-state index >= 15 is 0 Å². The van der Waals surface area contributed by atoms with E-state index in [2.05, 4.69) is 5.32 Å². The lowest BCUT2D eigenvalue weighted by atomic mass is 10.1. The first-order valence-corrected chi connectivity index (χ1v) is 7.96. The van der Waals surface area contributed by atoms with Gasteiger partial charge in [-0.3, -0.25) is 10.1 Å². The molecule has 2 fully saturated rings. The van der Waals surface area contributed by atoms with E-state index in [-0.39, 0.29) is 18.1 Å². The number of nitrogens with zero attached hydrogens (tertiary/aromatic N) is 1. The van der Waals surface area contributed by atoms with Gasteiger partial charge in [0.2, 0.25) is 5.91 Å². The maximum Gasteiger partial charge on any atom is 0.241 e. The van der Waals surface area contributed by atoms with Crippen molar-refractivity contribution in [2.75, 3.05) is 19.8 Å². The fraction of sp³-hybridized carbons (Fsp3) is 0.562. The van der Waals surface area contributed by atoms with Crippen LogP contribution in [0.5, 0.6) is 0 Å². The Labute approximate surface area is 130 Å². The van der Waals surface area contributed by atoms with Gasteiger partial charge in [-0.05, 0) is 30.5 Å². The van der Waals surface area contributed by atoms with Crippen molar-refractivity contribution in [1.82, 2.24) is 10.2 Å². The van der Waals surface area contributed by atoms with Gasteiger partial charge in [-0.1, -0.05) is 30.7 Å². The SMILES string of the molecule is CCC1NC(c2ccc(Cl)cc2)N(CC2CCOC2)C1=O. The fourth-order valence-electron chi connectivity index (χ4n) is 3.09. The van der Waals surface area contributed by atoms with Crippen LogP contribution in [0.3, 0.4) is 0 Å². The number of hydrogen-bond acceptors (Lipinski definition) is 3. The second-order valence-corrected chi connectivity index (χ2v) is 6.24. The summed E-state index contributed by atoms with van der Waals surface area (Å²) in [6, 6.07) is 7.64. The van der Waals surface area contributed by atoms with Crippen LogP contribution >= 0.6 is 11.6 Å². The number of carbonyl (C=O) groups excluding carboxylic acids is 1. The van der Waals surface area contributed by atoms with E-state index in [1.807, 2.05) is 36.1 Å². The lowest BCUT2D eigenvalue weighted by Crippen LogP contribution is -2.35. The Balaban J connectivity index is 1.81. The zero-order chi connectivity index (χ0) is 14.8. The van der Waals surface area contributed by atoms with Crippen LogP contribution in [0, 0.1) is 5.92 Å². The number of hydrogen-bond donors (Lipinski definition) is 1. The smallest absolute Gasteiger partial charge is 0.241 e. The predicted molar refractivity (Wildman–Crippen MR) is 82.0 cm³/mol. The van der Waals surface area contributed by atoms with Gasteiger partial charge in [0.15, 0.2) is 0 Å². The molecule has 0 aromatic heterocycles. The van der Waals surface area contributed by atoms with E-state index in [0.29, 0.717) is 10.9 Å². The first kappa shape index (κ1) is 14.8. The Kier molecular flexibility index (Phi) is 4.48. The standard InChI is InChI=1S/C16H21ClN2O2/c1-2-14-16(20)19(9-11-7-8-21-10-11)15(18-14)12-3-5-13(17)6-4-12/h3-6,11,14-15,18H,2,7-10H2,1H3. The number of rotatable bonds is 4. The molecule has 3 unspecified atom stereocenters. The van der Waals surface area contributed by atoms with Crippen LogP contribution in [0.15, 0.2) is 24.3 Å². The van der Waals surface area contributed by atoms with Crippen LogP contribution in [0.4, 0.5) is 0 Å². The molecule has 2 aliphatic rings. The summed E-state index contributed by atoms with van der Waals surface area (Å²) in [6.45, 7) is 4.36. The quantitative estimate of drug-likeness (QED) is 0.929. The highest BCUT2D eigenvalue weighted by Crippen LogP contribution is 2.29. The molecule has 1 aromatic rings. The molecule has 5 heteroatoms. The molecule has 0 radical (unpaired) electrons. The van der Waals surface area contributed by atoms with Gasteiger partial charge in [-0.15, -0.1) is 0 Å². The monoisotopic (exact) mass is 308 g/mol. The number of halogens is 1. The average molecular weight is 309 g/mol. The summed E-state index contributed by atoms with van der Waals surface area (Å²) in [5.74, 6) is 0.644. The number of ether oxygens (including phenoxy) is 1. The second-order valence-electron chi connectivity index (χ2n) is 5.80. The van der Waals surface area contributed by atoms with Crippen molar-refractivity contribution in [3.63, 3.8) is 0 Å². The van der Waals surface area contributed by atoms with Crippen LogP contribution in [0.2, 0.25) is 5.02 Å². The summed E-state index contributed by atoms with van der Waals surface area (Å²) in [4.78, 5) is 14.5. The topological polar surface area (TPSA) is 41.6 Å². The summed E-state index contributed by atoms with van der Waals surface area (Å²) >= 11 is 5.96. The van der Waals surface area contributed by atoms with Gasteiger partial charge in [0.05, 0.1) is 12.6 Å². The molecule has 3 rings (SSSR count). The van der Waals surface area contributed by atoms with Gasteiger partial charge >= 0.3 is 0 Å². The molecule has 0 bridgehead atoms. The zero-order valence-corrected chi connectivity index (χ0v) is 13.0. The van der Waals surface area contributed by atoms with Crippen LogP contribution in [0.25, 0.3) is 0 Å². The molecule has 1 N–H and O–H groups in total. The molecule has 0 saturated carbocycles. The highest BCUT2D eigenvalue weighted by Gasteiger charge is 2.39. The third kappa shape index (κ3) is 3.07. The van der Waals surface area contributed by atoms with Crippen LogP contribution in [0.1, 0.15) is 31.5 Å². The van der Waals surface area contributed by atoms with Gasteiger partial charge in [0.25, 0.3) is 0 Å². The van der Waals surface area contributed by atoms with E-state index in [9.17, 15) is 4.79 Å². The molecule has 0 spiro atoms. The van der Waals surface area contributed by atoms with Crippen LogP contribution in [-0.2, 0) is 9.53 Å². The minimum atomic E-state index is -0.0898. The first-order valence-electron chi connectivity index (χ1n) is 7.58. The number of nitrogens with one attached hydrogen (secondary N) is 1. The maximum atomic E-state index is 12.6. The number of benzene rings is 1. The zero-order valence-electron chi connectivity index (χ0n) is 12.2. The lowest BCUT2D eigenvalue weighted by Gasteiger charge is -2.27.